The van der Waals surface area contributed by atoms with Gasteiger partial charge in [0.05, 0.1) is 0 Å². The molecule has 0 aliphatic heterocycles. The summed E-state index contributed by atoms with van der Waals surface area (Å²) in [6.07, 6.45) is 13.1. The monoisotopic (exact) mass is 312 g/mol. The Balaban J connectivity index is 0. The molecule has 4 heteroatoms. The molecular formula is C18H32O4. The molecule has 0 saturated carbocycles. The highest BCUT2D eigenvalue weighted by Crippen LogP contribution is 2.10. The van der Waals surface area contributed by atoms with Crippen LogP contribution in [0, 0.1) is 0 Å². The number of carboxylic acid groups (broad SMARTS) is 2. The highest BCUT2D eigenvalue weighted by molar-refractivity contribution is 5.85. The SMILES string of the molecule is C=C(C)C(=O)O.CCCCCCCCCCC=C(C)C(=O)O. The number of hydrogen-bond acceptors (Lipinski definition) is 2. The van der Waals surface area contributed by atoms with Gasteiger partial charge in [0.25, 0.3) is 0 Å². The van der Waals surface area contributed by atoms with Crippen LogP contribution >= 0.6 is 0 Å². The Kier molecular flexibility index (Phi) is 16.3. The number of aliphatic carboxylic acids is 2. The quantitative estimate of drug-likeness (QED) is 0.406. The molecule has 0 spiro atoms. The van der Waals surface area contributed by atoms with Crippen molar-refractivity contribution in [3.63, 3.8) is 0 Å². The molecule has 0 heterocycles. The van der Waals surface area contributed by atoms with Gasteiger partial charge in [0.2, 0.25) is 0 Å². The summed E-state index contributed by atoms with van der Waals surface area (Å²) in [5.74, 6) is -1.73. The fourth-order valence-corrected chi connectivity index (χ4v) is 1.68. The van der Waals surface area contributed by atoms with Crippen molar-refractivity contribution in [1.82, 2.24) is 0 Å². The van der Waals surface area contributed by atoms with Crippen molar-refractivity contribution in [2.24, 2.45) is 0 Å². The predicted octanol–water partition coefficient (Wildman–Crippen LogP) is 5.20. The molecule has 0 aromatic rings. The molecule has 0 bridgehead atoms. The van der Waals surface area contributed by atoms with Crippen molar-refractivity contribution in [1.29, 1.82) is 0 Å². The summed E-state index contributed by atoms with van der Waals surface area (Å²) in [5, 5.41) is 16.5. The summed E-state index contributed by atoms with van der Waals surface area (Å²) >= 11 is 0. The first-order valence-corrected chi connectivity index (χ1v) is 8.11. The molecule has 22 heavy (non-hydrogen) atoms. The van der Waals surface area contributed by atoms with Gasteiger partial charge < -0.3 is 10.2 Å². The van der Waals surface area contributed by atoms with E-state index in [4.69, 9.17) is 10.2 Å². The molecule has 0 atom stereocenters. The smallest absolute Gasteiger partial charge is 0.330 e. The second kappa shape index (κ2) is 15.8. The van der Waals surface area contributed by atoms with Gasteiger partial charge in [-0.05, 0) is 26.7 Å². The number of allylic oxidation sites excluding steroid dienone is 1. The van der Waals surface area contributed by atoms with Crippen LogP contribution in [0.1, 0.15) is 78.6 Å². The summed E-state index contributed by atoms with van der Waals surface area (Å²) in [6.45, 7) is 8.49. The normalized spacial score (nSPS) is 10.6. The van der Waals surface area contributed by atoms with Crippen LogP contribution in [0.2, 0.25) is 0 Å². The van der Waals surface area contributed by atoms with E-state index in [1.165, 1.54) is 51.9 Å². The van der Waals surface area contributed by atoms with E-state index in [1.54, 1.807) is 6.92 Å². The first kappa shape index (κ1) is 22.7. The van der Waals surface area contributed by atoms with Crippen LogP contribution in [0.3, 0.4) is 0 Å². The molecule has 0 aromatic carbocycles. The van der Waals surface area contributed by atoms with E-state index in [1.807, 2.05) is 6.08 Å². The molecule has 4 nitrogen and oxygen atoms in total. The zero-order chi connectivity index (χ0) is 17.4. The Morgan fingerprint density at radius 2 is 1.27 bits per heavy atom. The van der Waals surface area contributed by atoms with E-state index in [2.05, 4.69) is 13.5 Å². The van der Waals surface area contributed by atoms with Crippen LogP contribution in [-0.4, -0.2) is 22.2 Å². The Morgan fingerprint density at radius 1 is 0.864 bits per heavy atom. The van der Waals surface area contributed by atoms with Crippen LogP contribution in [-0.2, 0) is 9.59 Å². The van der Waals surface area contributed by atoms with E-state index in [0.717, 1.165) is 12.8 Å². The lowest BCUT2D eigenvalue weighted by Crippen LogP contribution is -1.95. The molecule has 0 aliphatic carbocycles. The van der Waals surface area contributed by atoms with Gasteiger partial charge in [-0.25, -0.2) is 9.59 Å². The lowest BCUT2D eigenvalue weighted by atomic mass is 10.1. The van der Waals surface area contributed by atoms with Gasteiger partial charge in [0.15, 0.2) is 0 Å². The van der Waals surface area contributed by atoms with Crippen molar-refractivity contribution in [3.8, 4) is 0 Å². The Bertz CT molecular complexity index is 344. The second-order valence-electron chi connectivity index (χ2n) is 5.54. The van der Waals surface area contributed by atoms with E-state index in [0.29, 0.717) is 5.57 Å². The molecule has 2 N–H and O–H groups in total. The van der Waals surface area contributed by atoms with Gasteiger partial charge in [0.1, 0.15) is 0 Å². The molecule has 0 radical (unpaired) electrons. The average molecular weight is 312 g/mol. The molecule has 0 amide bonds. The van der Waals surface area contributed by atoms with Crippen molar-refractivity contribution in [3.05, 3.63) is 23.8 Å². The summed E-state index contributed by atoms with van der Waals surface area (Å²) < 4.78 is 0. The molecular weight excluding hydrogens is 280 g/mol. The van der Waals surface area contributed by atoms with Crippen LogP contribution in [0.25, 0.3) is 0 Å². The maximum Gasteiger partial charge on any atom is 0.330 e. The Morgan fingerprint density at radius 3 is 1.64 bits per heavy atom. The number of carboxylic acids is 2. The minimum Gasteiger partial charge on any atom is -0.478 e. The van der Waals surface area contributed by atoms with Gasteiger partial charge >= 0.3 is 11.9 Å². The minimum absolute atomic E-state index is 0.176. The third-order valence-electron chi connectivity index (χ3n) is 3.21. The van der Waals surface area contributed by atoms with Crippen LogP contribution in [0.5, 0.6) is 0 Å². The summed E-state index contributed by atoms with van der Waals surface area (Å²) in [5.41, 5.74) is 0.651. The first-order chi connectivity index (χ1) is 10.3. The number of carbonyl (C=O) groups is 2. The largest absolute Gasteiger partial charge is 0.478 e. The summed E-state index contributed by atoms with van der Waals surface area (Å²) in [7, 11) is 0. The fourth-order valence-electron chi connectivity index (χ4n) is 1.68. The van der Waals surface area contributed by atoms with E-state index >= 15 is 0 Å². The van der Waals surface area contributed by atoms with E-state index in [-0.39, 0.29) is 5.57 Å². The maximum atomic E-state index is 10.5. The van der Waals surface area contributed by atoms with Crippen molar-refractivity contribution >= 4 is 11.9 Å². The molecule has 0 unspecified atom stereocenters. The van der Waals surface area contributed by atoms with Gasteiger partial charge in [0, 0.05) is 11.1 Å². The van der Waals surface area contributed by atoms with E-state index < -0.39 is 11.9 Å². The van der Waals surface area contributed by atoms with Gasteiger partial charge in [-0.1, -0.05) is 64.5 Å². The molecule has 0 fully saturated rings. The van der Waals surface area contributed by atoms with Crippen LogP contribution < -0.4 is 0 Å². The van der Waals surface area contributed by atoms with Gasteiger partial charge in [-0.15, -0.1) is 0 Å². The lowest BCUT2D eigenvalue weighted by Gasteiger charge is -2.00. The topological polar surface area (TPSA) is 74.6 Å². The van der Waals surface area contributed by atoms with Gasteiger partial charge in [-0.2, -0.15) is 0 Å². The number of hydrogen-bond donors (Lipinski definition) is 2. The minimum atomic E-state index is -0.935. The first-order valence-electron chi connectivity index (χ1n) is 8.11. The lowest BCUT2D eigenvalue weighted by molar-refractivity contribution is -0.133. The van der Waals surface area contributed by atoms with Gasteiger partial charge in [-0.3, -0.25) is 0 Å². The van der Waals surface area contributed by atoms with Crippen LogP contribution in [0.15, 0.2) is 23.8 Å². The molecule has 128 valence electrons. The van der Waals surface area contributed by atoms with Crippen molar-refractivity contribution < 1.29 is 19.8 Å². The fraction of sp³-hybridized carbons (Fsp3) is 0.667. The second-order valence-corrected chi connectivity index (χ2v) is 5.54. The third-order valence-corrected chi connectivity index (χ3v) is 3.21. The maximum absolute atomic E-state index is 10.5. The van der Waals surface area contributed by atoms with E-state index in [9.17, 15) is 9.59 Å². The number of unbranched alkanes of at least 4 members (excludes halogenated alkanes) is 8. The molecule has 0 aromatic heterocycles. The summed E-state index contributed by atoms with van der Waals surface area (Å²) in [6, 6.07) is 0. The Hall–Kier alpha value is -1.58. The molecule has 0 aliphatic rings. The highest BCUT2D eigenvalue weighted by Gasteiger charge is 1.97. The third kappa shape index (κ3) is 18.4. The average Bonchev–Trinajstić information content (AvgIpc) is 2.45. The summed E-state index contributed by atoms with van der Waals surface area (Å²) in [4.78, 5) is 20.1. The standard InChI is InChI=1S/C14H26O2.C4H6O2/c1-3-4-5-6-7-8-9-10-11-12-13(2)14(15)16;1-3(2)4(5)6/h12H,3-11H2,1-2H3,(H,15,16);1H2,2H3,(H,5,6). The predicted molar refractivity (Wildman–Crippen MR) is 91.1 cm³/mol. The van der Waals surface area contributed by atoms with Crippen molar-refractivity contribution in [2.45, 2.75) is 78.6 Å². The zero-order valence-electron chi connectivity index (χ0n) is 14.4. The molecule has 0 rings (SSSR count). The number of rotatable bonds is 11. The van der Waals surface area contributed by atoms with Crippen molar-refractivity contribution in [2.75, 3.05) is 0 Å². The molecule has 0 saturated heterocycles. The Labute approximate surface area is 134 Å². The highest BCUT2D eigenvalue weighted by atomic mass is 16.4. The van der Waals surface area contributed by atoms with Crippen LogP contribution in [0.4, 0.5) is 0 Å². The zero-order valence-corrected chi connectivity index (χ0v) is 14.4.